The highest BCUT2D eigenvalue weighted by Crippen LogP contribution is 2.25. The number of hydrogen-bond donors (Lipinski definition) is 1. The van der Waals surface area contributed by atoms with Gasteiger partial charge in [0.1, 0.15) is 17.3 Å². The van der Waals surface area contributed by atoms with E-state index in [4.69, 9.17) is 5.73 Å². The lowest BCUT2D eigenvalue weighted by atomic mass is 10.1. The van der Waals surface area contributed by atoms with E-state index in [-0.39, 0.29) is 11.7 Å². The topological polar surface area (TPSA) is 42.1 Å². The van der Waals surface area contributed by atoms with Crippen LogP contribution in [0.3, 0.4) is 0 Å². The zero-order valence-electron chi connectivity index (χ0n) is 12.2. The fraction of sp³-hybridized carbons (Fsp3) is 0.312. The van der Waals surface area contributed by atoms with Crippen molar-refractivity contribution in [1.82, 2.24) is 4.98 Å². The van der Waals surface area contributed by atoms with Gasteiger partial charge in [-0.25, -0.2) is 8.78 Å². The van der Waals surface area contributed by atoms with Gasteiger partial charge >= 0.3 is 0 Å². The minimum absolute atomic E-state index is 0.0472. The lowest BCUT2D eigenvalue weighted by molar-refractivity contribution is 0.570. The highest BCUT2D eigenvalue weighted by atomic mass is 19.1. The molecule has 0 bridgehead atoms. The summed E-state index contributed by atoms with van der Waals surface area (Å²) < 4.78 is 28.3. The normalized spacial score (nSPS) is 12.2. The average Bonchev–Trinajstić information content (AvgIpc) is 2.38. The van der Waals surface area contributed by atoms with Crippen LogP contribution in [0.5, 0.6) is 0 Å². The second kappa shape index (κ2) is 6.63. The summed E-state index contributed by atoms with van der Waals surface area (Å²) in [6.07, 6.45) is 2.10. The Kier molecular flexibility index (Phi) is 4.85. The first-order valence-electron chi connectivity index (χ1n) is 6.82. The zero-order valence-corrected chi connectivity index (χ0v) is 12.2. The summed E-state index contributed by atoms with van der Waals surface area (Å²) in [6, 6.07) is 8.01. The summed E-state index contributed by atoms with van der Waals surface area (Å²) in [5.74, 6) is -1.16. The summed E-state index contributed by atoms with van der Waals surface area (Å²) in [5, 5.41) is 0. The Morgan fingerprint density at radius 2 is 1.90 bits per heavy atom. The van der Waals surface area contributed by atoms with Gasteiger partial charge in [0, 0.05) is 19.3 Å². The molecule has 1 aromatic heterocycles. The maximum Gasteiger partial charge on any atom is 0.149 e. The van der Waals surface area contributed by atoms with Crippen LogP contribution in [0.15, 0.2) is 36.5 Å². The summed E-state index contributed by atoms with van der Waals surface area (Å²) >= 11 is 0. The van der Waals surface area contributed by atoms with E-state index in [1.54, 1.807) is 26.2 Å². The molecular formula is C16H19F2N3. The number of anilines is 1. The molecule has 2 rings (SSSR count). The Balaban J connectivity index is 2.23. The van der Waals surface area contributed by atoms with Crippen LogP contribution in [-0.4, -0.2) is 18.1 Å². The molecule has 0 spiro atoms. The Morgan fingerprint density at radius 1 is 1.24 bits per heavy atom. The molecule has 1 aromatic carbocycles. The third-order valence-electron chi connectivity index (χ3n) is 3.14. The van der Waals surface area contributed by atoms with Crippen LogP contribution in [0.2, 0.25) is 0 Å². The van der Waals surface area contributed by atoms with Crippen molar-refractivity contribution < 1.29 is 8.78 Å². The van der Waals surface area contributed by atoms with Crippen molar-refractivity contribution in [1.29, 1.82) is 0 Å². The van der Waals surface area contributed by atoms with Crippen LogP contribution >= 0.6 is 0 Å². The molecule has 112 valence electrons. The van der Waals surface area contributed by atoms with Crippen molar-refractivity contribution in [2.45, 2.75) is 25.9 Å². The highest BCUT2D eigenvalue weighted by molar-refractivity contribution is 5.50. The summed E-state index contributed by atoms with van der Waals surface area (Å²) in [5.41, 5.74) is 6.93. The van der Waals surface area contributed by atoms with Gasteiger partial charge in [0.2, 0.25) is 0 Å². The fourth-order valence-corrected chi connectivity index (χ4v) is 2.29. The van der Waals surface area contributed by atoms with Crippen LogP contribution in [0.25, 0.3) is 0 Å². The third-order valence-corrected chi connectivity index (χ3v) is 3.14. The fourth-order valence-electron chi connectivity index (χ4n) is 2.29. The largest absolute Gasteiger partial charge is 0.364 e. The predicted octanol–water partition coefficient (Wildman–Crippen LogP) is 2.89. The van der Waals surface area contributed by atoms with E-state index in [0.29, 0.717) is 18.5 Å². The zero-order chi connectivity index (χ0) is 15.4. The number of nitrogens with zero attached hydrogens (tertiary/aromatic N) is 2. The van der Waals surface area contributed by atoms with E-state index >= 15 is 0 Å². The molecular weight excluding hydrogens is 272 g/mol. The van der Waals surface area contributed by atoms with Gasteiger partial charge in [-0.2, -0.15) is 0 Å². The number of hydrogen-bond acceptors (Lipinski definition) is 3. The number of pyridine rings is 1. The molecule has 0 radical (unpaired) electrons. The second-order valence-corrected chi connectivity index (χ2v) is 5.27. The minimum atomic E-state index is -0.580. The summed E-state index contributed by atoms with van der Waals surface area (Å²) in [4.78, 5) is 5.67. The minimum Gasteiger partial charge on any atom is -0.364 e. The monoisotopic (exact) mass is 291 g/mol. The van der Waals surface area contributed by atoms with Crippen molar-refractivity contribution in [3.63, 3.8) is 0 Å². The Bertz CT molecular complexity index is 577. The van der Waals surface area contributed by atoms with Gasteiger partial charge in [-0.1, -0.05) is 6.07 Å². The van der Waals surface area contributed by atoms with E-state index < -0.39 is 11.6 Å². The molecule has 1 heterocycles. The number of rotatable bonds is 5. The number of benzene rings is 1. The first kappa shape index (κ1) is 15.4. The van der Waals surface area contributed by atoms with Crippen molar-refractivity contribution in [3.8, 4) is 0 Å². The van der Waals surface area contributed by atoms with E-state index in [2.05, 4.69) is 4.98 Å². The van der Waals surface area contributed by atoms with Gasteiger partial charge < -0.3 is 10.6 Å². The maximum atomic E-state index is 14.2. The standard InChI is InChI=1S/C16H19F2N3/c1-11(19)7-12-8-14(17)16(15(18)9-12)21(2)10-13-5-3-4-6-20-13/h3-6,8-9,11H,7,10,19H2,1-2H3. The van der Waals surface area contributed by atoms with Crippen LogP contribution in [0, 0.1) is 11.6 Å². The highest BCUT2D eigenvalue weighted by Gasteiger charge is 2.16. The molecule has 1 atom stereocenters. The van der Waals surface area contributed by atoms with Crippen LogP contribution in [0.4, 0.5) is 14.5 Å². The van der Waals surface area contributed by atoms with E-state index in [1.807, 2.05) is 12.1 Å². The summed E-state index contributed by atoms with van der Waals surface area (Å²) in [6.45, 7) is 2.14. The van der Waals surface area contributed by atoms with Gasteiger partial charge in [-0.15, -0.1) is 0 Å². The molecule has 1 unspecified atom stereocenters. The smallest absolute Gasteiger partial charge is 0.149 e. The third kappa shape index (κ3) is 3.98. The lowest BCUT2D eigenvalue weighted by Crippen LogP contribution is -2.21. The van der Waals surface area contributed by atoms with Gasteiger partial charge in [-0.3, -0.25) is 4.98 Å². The summed E-state index contributed by atoms with van der Waals surface area (Å²) in [7, 11) is 1.64. The molecule has 21 heavy (non-hydrogen) atoms. The van der Waals surface area contributed by atoms with Gasteiger partial charge in [-0.05, 0) is 43.2 Å². The molecule has 0 fully saturated rings. The first-order valence-corrected chi connectivity index (χ1v) is 6.82. The van der Waals surface area contributed by atoms with Crippen molar-refractivity contribution in [2.75, 3.05) is 11.9 Å². The van der Waals surface area contributed by atoms with E-state index in [0.717, 1.165) is 5.69 Å². The second-order valence-electron chi connectivity index (χ2n) is 5.27. The average molecular weight is 291 g/mol. The molecule has 5 heteroatoms. The number of halogens is 2. The molecule has 0 saturated carbocycles. The quantitative estimate of drug-likeness (QED) is 0.921. The molecule has 2 N–H and O–H groups in total. The predicted molar refractivity (Wildman–Crippen MR) is 80.1 cm³/mol. The SMILES string of the molecule is CC(N)Cc1cc(F)c(N(C)Cc2ccccn2)c(F)c1. The molecule has 0 aliphatic heterocycles. The van der Waals surface area contributed by atoms with Crippen LogP contribution in [-0.2, 0) is 13.0 Å². The van der Waals surface area contributed by atoms with Gasteiger partial charge in [0.05, 0.1) is 12.2 Å². The molecule has 0 amide bonds. The Labute approximate surface area is 123 Å². The maximum absolute atomic E-state index is 14.2. The van der Waals surface area contributed by atoms with Gasteiger partial charge in [0.25, 0.3) is 0 Å². The van der Waals surface area contributed by atoms with E-state index in [9.17, 15) is 8.78 Å². The molecule has 2 aromatic rings. The molecule has 0 aliphatic rings. The van der Waals surface area contributed by atoms with Crippen molar-refractivity contribution >= 4 is 5.69 Å². The van der Waals surface area contributed by atoms with Crippen molar-refractivity contribution in [3.05, 3.63) is 59.4 Å². The van der Waals surface area contributed by atoms with E-state index in [1.165, 1.54) is 17.0 Å². The Morgan fingerprint density at radius 3 is 2.43 bits per heavy atom. The van der Waals surface area contributed by atoms with Crippen molar-refractivity contribution in [2.24, 2.45) is 5.73 Å². The Hall–Kier alpha value is -2.01. The first-order chi connectivity index (χ1) is 9.97. The molecule has 0 aliphatic carbocycles. The number of nitrogens with two attached hydrogens (primary N) is 1. The molecule has 3 nitrogen and oxygen atoms in total. The lowest BCUT2D eigenvalue weighted by Gasteiger charge is -2.21. The molecule has 0 saturated heterocycles. The van der Waals surface area contributed by atoms with Gasteiger partial charge in [0.15, 0.2) is 0 Å². The van der Waals surface area contributed by atoms with Crippen LogP contribution < -0.4 is 10.6 Å². The van der Waals surface area contributed by atoms with Crippen LogP contribution in [0.1, 0.15) is 18.2 Å². The number of aromatic nitrogens is 1.